The lowest BCUT2D eigenvalue weighted by atomic mass is 9.55. The molecule has 82 heavy (non-hydrogen) atoms. The molecule has 0 saturated heterocycles. The molecular formula is C48H64B32N2. The van der Waals surface area contributed by atoms with Crippen LogP contribution in [0.4, 0.5) is 0 Å². The highest BCUT2D eigenvalue weighted by Gasteiger charge is 2.33. The first-order valence-corrected chi connectivity index (χ1v) is 30.6. The molecule has 2 aromatic heterocycles. The summed E-state index contributed by atoms with van der Waals surface area (Å²) < 4.78 is 5.58. The lowest BCUT2D eigenvalue weighted by Crippen LogP contribution is -2.57. The first-order valence-electron chi connectivity index (χ1n) is 30.6. The van der Waals surface area contributed by atoms with Gasteiger partial charge in [-0.1, -0.05) is 131 Å². The quantitative estimate of drug-likeness (QED) is 0.152. The third-order valence-electron chi connectivity index (χ3n) is 23.7. The van der Waals surface area contributed by atoms with Crippen LogP contribution < -0.4 is 175 Å². The number of nitrogens with zero attached hydrogens (tertiary/aromatic N) is 2. The summed E-state index contributed by atoms with van der Waals surface area (Å²) in [5, 5.41) is 5.56. The average molecular weight is 1020 g/mol. The molecule has 0 N–H and O–H groups in total. The zero-order valence-corrected chi connectivity index (χ0v) is 56.9. The molecule has 0 atom stereocenters. The van der Waals surface area contributed by atoms with E-state index < -0.39 is 0 Å². The summed E-state index contributed by atoms with van der Waals surface area (Å²) in [4.78, 5) is 0. The minimum absolute atomic E-state index is 1.32. The van der Waals surface area contributed by atoms with E-state index in [1.54, 1.807) is 0 Å². The van der Waals surface area contributed by atoms with E-state index in [9.17, 15) is 0 Å². The molecule has 0 amide bonds. The van der Waals surface area contributed by atoms with Crippen LogP contribution in [-0.2, 0) is 0 Å². The van der Waals surface area contributed by atoms with Crippen LogP contribution in [-0.4, -0.2) is 260 Å². The van der Waals surface area contributed by atoms with Gasteiger partial charge in [-0.05, 0) is 33.4 Å². The molecule has 0 unspecified atom stereocenters. The van der Waals surface area contributed by atoms with Crippen molar-refractivity contribution in [2.45, 2.75) is 0 Å². The Balaban J connectivity index is 1.42. The van der Waals surface area contributed by atoms with Crippen molar-refractivity contribution in [2.24, 2.45) is 0 Å². The Hall–Kier alpha value is -4.56. The van der Waals surface area contributed by atoms with Gasteiger partial charge in [-0.3, -0.25) is 0 Å². The maximum atomic E-state index is 2.80. The first-order chi connectivity index (χ1) is 38.1. The van der Waals surface area contributed by atoms with E-state index in [4.69, 9.17) is 0 Å². The van der Waals surface area contributed by atoms with Crippen molar-refractivity contribution < 1.29 is 0 Å². The average Bonchev–Trinajstić information content (AvgIpc) is 2.66. The van der Waals surface area contributed by atoms with E-state index in [2.05, 4.69) is 260 Å². The fourth-order valence-corrected chi connectivity index (χ4v) is 16.3. The SMILES string of the molecule is Bc1c(B)c(B)c(-c2c(B)c(B)c(-c3c(B)c(B)c(B)c(-n4c5c(B)c(B)c(B)c(B)c5c5c6c7c(B)c(B)c(B)c(B)c7n(-c7c(B)c(B)c(-c8c(B)c(B)c(B)c(B)c8B)c(B)c7B)c6c(B)c(B)c54)c3B)c(B)c2B)c(B)c1B. The maximum absolute atomic E-state index is 2.80. The van der Waals surface area contributed by atoms with Gasteiger partial charge in [0.05, 0.1) is 0 Å². The van der Waals surface area contributed by atoms with Crippen molar-refractivity contribution >= 4 is 470 Å². The van der Waals surface area contributed by atoms with Crippen LogP contribution in [0.25, 0.3) is 88.4 Å². The van der Waals surface area contributed by atoms with Crippen LogP contribution in [0.15, 0.2) is 0 Å². The van der Waals surface area contributed by atoms with Gasteiger partial charge < -0.3 is 9.13 Å². The minimum Gasteiger partial charge on any atom is -0.312 e. The lowest BCUT2D eigenvalue weighted by molar-refractivity contribution is 1.21. The summed E-state index contributed by atoms with van der Waals surface area (Å²) in [5.41, 5.74) is 60.6. The molecular weight excluding hydrogens is 951 g/mol. The molecule has 0 bridgehead atoms. The second kappa shape index (κ2) is 20.6. The van der Waals surface area contributed by atoms with Gasteiger partial charge in [-0.2, -0.15) is 0 Å². The summed E-state index contributed by atoms with van der Waals surface area (Å²) in [6, 6.07) is 0. The molecule has 2 heterocycles. The number of fused-ring (bicyclic) bond motifs is 7. The Morgan fingerprint density at radius 1 is 0.122 bits per heavy atom. The summed E-state index contributed by atoms with van der Waals surface area (Å²) in [7, 11) is 76.2. The predicted molar refractivity (Wildman–Crippen MR) is 473 cm³/mol. The van der Waals surface area contributed by atoms with Gasteiger partial charge in [0, 0.05) is 55.0 Å². The Kier molecular flexibility index (Phi) is 15.2. The molecule has 0 aliphatic rings. The molecule has 0 saturated carbocycles. The van der Waals surface area contributed by atoms with Crippen LogP contribution in [0.5, 0.6) is 0 Å². The zero-order chi connectivity index (χ0) is 60.9. The highest BCUT2D eigenvalue weighted by Crippen LogP contribution is 2.38. The molecule has 8 aromatic carbocycles. The third-order valence-corrected chi connectivity index (χ3v) is 23.7. The number of benzene rings is 8. The van der Waals surface area contributed by atoms with Gasteiger partial charge in [-0.25, -0.2) is 0 Å². The van der Waals surface area contributed by atoms with Gasteiger partial charge in [0.25, 0.3) is 0 Å². The van der Waals surface area contributed by atoms with Gasteiger partial charge >= 0.3 is 0 Å². The molecule has 0 radical (unpaired) electrons. The Morgan fingerprint density at radius 3 is 0.549 bits per heavy atom. The summed E-state index contributed by atoms with van der Waals surface area (Å²) in [5.74, 6) is 0. The largest absolute Gasteiger partial charge is 0.312 e. The summed E-state index contributed by atoms with van der Waals surface area (Å²) in [6.07, 6.45) is 0. The standard InChI is InChI=1S/C48H64B32N2/c49-11-3(4-15(53)25(63)32(70)26(64)16(4)54)12(50)14(52)7(13(11)51)8-19(57)31(69)40(78)47(24(8)62)81-43-1(9-22(60)29(67)34(72)38(76)45(9)81)2-10-23(61)30(68)35(73)39(77)46(10)82(44(2)42(80)41(43)79)48-36(74)20(58)6(21(59)37(48)75)5-17(55)27(65)33(71)28(66)18(5)56/h49-80H2. The van der Waals surface area contributed by atoms with Crippen LogP contribution in [0.3, 0.4) is 0 Å². The van der Waals surface area contributed by atoms with E-state index in [-0.39, 0.29) is 0 Å². The molecule has 0 fully saturated rings. The lowest BCUT2D eigenvalue weighted by Gasteiger charge is -2.31. The Morgan fingerprint density at radius 2 is 0.268 bits per heavy atom. The molecule has 0 aliphatic heterocycles. The normalized spacial score (nSPS) is 11.8. The fourth-order valence-electron chi connectivity index (χ4n) is 16.3. The van der Waals surface area contributed by atoms with Crippen molar-refractivity contribution in [3.05, 3.63) is 0 Å². The van der Waals surface area contributed by atoms with Gasteiger partial charge in [-0.15, -0.1) is 43.7 Å². The van der Waals surface area contributed by atoms with E-state index in [0.29, 0.717) is 0 Å². The summed E-state index contributed by atoms with van der Waals surface area (Å²) in [6.45, 7) is 0. The molecule has 34 heteroatoms. The van der Waals surface area contributed by atoms with E-state index in [1.165, 1.54) is 263 Å². The second-order valence-corrected chi connectivity index (χ2v) is 26.5. The maximum Gasteiger partial charge on any atom is 0.142 e. The minimum atomic E-state index is 1.32. The number of hydrogen-bond donors (Lipinski definition) is 0. The van der Waals surface area contributed by atoms with Crippen LogP contribution >= 0.6 is 0 Å². The summed E-state index contributed by atoms with van der Waals surface area (Å²) >= 11 is 0. The van der Waals surface area contributed by atoms with E-state index in [0.717, 1.165) is 0 Å². The molecule has 10 rings (SSSR count). The topological polar surface area (TPSA) is 9.86 Å². The van der Waals surface area contributed by atoms with Crippen molar-refractivity contribution in [3.8, 4) is 44.8 Å². The van der Waals surface area contributed by atoms with Crippen LogP contribution in [0, 0.1) is 0 Å². The Bertz CT molecular complexity index is 4590. The smallest absolute Gasteiger partial charge is 0.142 e. The van der Waals surface area contributed by atoms with Crippen molar-refractivity contribution in [3.63, 3.8) is 0 Å². The third kappa shape index (κ3) is 7.80. The monoisotopic (exact) mass is 1020 g/mol. The first kappa shape index (κ1) is 60.6. The Labute approximate surface area is 519 Å². The second-order valence-electron chi connectivity index (χ2n) is 26.5. The van der Waals surface area contributed by atoms with Crippen LogP contribution in [0.1, 0.15) is 0 Å². The van der Waals surface area contributed by atoms with Gasteiger partial charge in [0.2, 0.25) is 0 Å². The van der Waals surface area contributed by atoms with E-state index in [1.807, 2.05) is 0 Å². The molecule has 0 aliphatic carbocycles. The molecule has 0 spiro atoms. The van der Waals surface area contributed by atoms with Gasteiger partial charge in [0.15, 0.2) is 0 Å². The fraction of sp³-hybridized carbons (Fsp3) is 0. The number of aromatic nitrogens is 2. The molecule has 2 nitrogen and oxygen atoms in total. The number of rotatable bonds is 5. The highest BCUT2D eigenvalue weighted by atomic mass is 15.0. The van der Waals surface area contributed by atoms with Crippen molar-refractivity contribution in [2.75, 3.05) is 0 Å². The number of hydrogen-bond acceptors (Lipinski definition) is 0. The van der Waals surface area contributed by atoms with E-state index >= 15 is 0 Å². The zero-order valence-electron chi connectivity index (χ0n) is 56.9. The van der Waals surface area contributed by atoms with Gasteiger partial charge in [0.1, 0.15) is 251 Å². The van der Waals surface area contributed by atoms with Crippen LogP contribution in [0.2, 0.25) is 0 Å². The predicted octanol–water partition coefficient (Wildman–Crippen LogP) is -42.8. The van der Waals surface area contributed by atoms with Crippen molar-refractivity contribution in [1.82, 2.24) is 9.13 Å². The van der Waals surface area contributed by atoms with Crippen molar-refractivity contribution in [1.29, 1.82) is 0 Å². The highest BCUT2D eigenvalue weighted by molar-refractivity contribution is 6.77. The molecule has 362 valence electrons. The molecule has 10 aromatic rings.